The fourth-order valence-corrected chi connectivity index (χ4v) is 5.33. The fraction of sp³-hybridized carbons (Fsp3) is 0.409. The molecule has 1 amide bonds. The number of benzene rings is 1. The Morgan fingerprint density at radius 3 is 2.52 bits per heavy atom. The number of hydrogen-bond donors (Lipinski definition) is 4. The normalized spacial score (nSPS) is 32.6. The molecule has 1 aromatic rings. The Morgan fingerprint density at radius 1 is 1.16 bits per heavy atom. The summed E-state index contributed by atoms with van der Waals surface area (Å²) in [5.74, 6) is -10.3. The van der Waals surface area contributed by atoms with E-state index >= 15 is 0 Å². The quantitative estimate of drug-likeness (QED) is 0.460. The summed E-state index contributed by atoms with van der Waals surface area (Å²) in [4.78, 5) is 63.3. The van der Waals surface area contributed by atoms with Crippen LogP contribution in [0.15, 0.2) is 18.2 Å². The van der Waals surface area contributed by atoms with Crippen LogP contribution in [-0.2, 0) is 25.6 Å². The summed E-state index contributed by atoms with van der Waals surface area (Å²) >= 11 is 0. The molecule has 2 saturated carbocycles. The number of primary amides is 1. The first kappa shape index (κ1) is 21.1. The number of fused-ring (bicyclic) bond motifs is 3. The number of ketones is 4. The maximum atomic E-state index is 13.3. The first-order valence-electron chi connectivity index (χ1n) is 9.92. The minimum Gasteiger partial charge on any atom is -0.507 e. The van der Waals surface area contributed by atoms with Crippen LogP contribution < -0.4 is 5.73 Å². The predicted molar refractivity (Wildman–Crippen MR) is 105 cm³/mol. The number of amides is 1. The highest BCUT2D eigenvalue weighted by Crippen LogP contribution is 2.50. The Morgan fingerprint density at radius 2 is 1.87 bits per heavy atom. The molecule has 0 bridgehead atoms. The number of carbonyl (C=O) groups is 5. The third kappa shape index (κ3) is 2.88. The molecule has 31 heavy (non-hydrogen) atoms. The second-order valence-electron chi connectivity index (χ2n) is 8.35. The van der Waals surface area contributed by atoms with Crippen LogP contribution in [0.2, 0.25) is 0 Å². The molecule has 2 unspecified atom stereocenters. The zero-order chi connectivity index (χ0) is 22.7. The monoisotopic (exact) mass is 427 g/mol. The Balaban J connectivity index is 1.81. The van der Waals surface area contributed by atoms with Gasteiger partial charge in [0.25, 0.3) is 0 Å². The first-order chi connectivity index (χ1) is 14.6. The summed E-state index contributed by atoms with van der Waals surface area (Å²) in [7, 11) is 0. The summed E-state index contributed by atoms with van der Waals surface area (Å²) in [6.07, 6.45) is 2.93. The van der Waals surface area contributed by atoms with Crippen LogP contribution in [0.1, 0.15) is 34.3 Å². The van der Waals surface area contributed by atoms with Gasteiger partial charge in [0.05, 0.1) is 18.1 Å². The average molecular weight is 427 g/mol. The summed E-state index contributed by atoms with van der Waals surface area (Å²) in [6, 6.07) is 2.88. The molecule has 0 aromatic heterocycles. The molecule has 0 spiro atoms. The lowest BCUT2D eigenvalue weighted by atomic mass is 9.53. The van der Waals surface area contributed by atoms with E-state index in [-0.39, 0.29) is 37.2 Å². The van der Waals surface area contributed by atoms with Crippen molar-refractivity contribution in [3.05, 3.63) is 34.9 Å². The number of phenolic OH excluding ortho intramolecular Hbond substituents is 1. The van der Waals surface area contributed by atoms with Crippen LogP contribution in [0, 0.1) is 23.7 Å². The van der Waals surface area contributed by atoms with Crippen LogP contribution in [0.4, 0.5) is 0 Å². The van der Waals surface area contributed by atoms with E-state index < -0.39 is 58.3 Å². The van der Waals surface area contributed by atoms with Gasteiger partial charge in [0.2, 0.25) is 5.91 Å². The molecule has 3 aliphatic rings. The Bertz CT molecular complexity index is 1070. The van der Waals surface area contributed by atoms with E-state index in [0.29, 0.717) is 11.1 Å². The largest absolute Gasteiger partial charge is 0.507 e. The van der Waals surface area contributed by atoms with E-state index in [4.69, 9.17) is 10.8 Å². The molecular formula is C22H21NO8. The summed E-state index contributed by atoms with van der Waals surface area (Å²) in [6.45, 7) is -0.228. The Hall–Kier alpha value is -3.17. The van der Waals surface area contributed by atoms with Crippen LogP contribution in [0.5, 0.6) is 5.75 Å². The van der Waals surface area contributed by atoms with Crippen molar-refractivity contribution in [3.8, 4) is 5.75 Å². The molecule has 5 N–H and O–H groups in total. The van der Waals surface area contributed by atoms with Crippen LogP contribution in [0.3, 0.4) is 0 Å². The molecule has 162 valence electrons. The lowest BCUT2D eigenvalue weighted by Gasteiger charge is -2.48. The average Bonchev–Trinajstić information content (AvgIpc) is 2.70. The van der Waals surface area contributed by atoms with Crippen molar-refractivity contribution in [2.45, 2.75) is 24.9 Å². The third-order valence-corrected chi connectivity index (χ3v) is 6.72. The molecule has 0 saturated heterocycles. The maximum Gasteiger partial charge on any atom is 0.235 e. The fourth-order valence-electron chi connectivity index (χ4n) is 5.33. The van der Waals surface area contributed by atoms with Crippen LogP contribution in [0.25, 0.3) is 6.08 Å². The third-order valence-electron chi connectivity index (χ3n) is 6.72. The minimum atomic E-state index is -2.65. The van der Waals surface area contributed by atoms with Gasteiger partial charge in [0, 0.05) is 12.3 Å². The van der Waals surface area contributed by atoms with Gasteiger partial charge >= 0.3 is 0 Å². The van der Waals surface area contributed by atoms with Gasteiger partial charge in [0.1, 0.15) is 5.75 Å². The number of rotatable bonds is 3. The SMILES string of the molecule is NC(=O)C1C(=O)C[C@@H]2C[C@@H]3Cc4c(C=CCO)ccc(O)c4C(=O)C3C(=O)[C@]2(O)C1=O. The van der Waals surface area contributed by atoms with Gasteiger partial charge in [0.15, 0.2) is 34.7 Å². The van der Waals surface area contributed by atoms with Gasteiger partial charge in [-0.2, -0.15) is 0 Å². The minimum absolute atomic E-state index is 0.0415. The molecule has 0 heterocycles. The second-order valence-corrected chi connectivity index (χ2v) is 8.35. The lowest BCUT2D eigenvalue weighted by molar-refractivity contribution is -0.175. The molecule has 4 rings (SSSR count). The van der Waals surface area contributed by atoms with Gasteiger partial charge in [-0.1, -0.05) is 18.2 Å². The molecule has 1 aromatic carbocycles. The van der Waals surface area contributed by atoms with Crippen molar-refractivity contribution in [2.75, 3.05) is 6.61 Å². The second kappa shape index (κ2) is 7.21. The summed E-state index contributed by atoms with van der Waals surface area (Å²) < 4.78 is 0. The van der Waals surface area contributed by atoms with Crippen molar-refractivity contribution in [3.63, 3.8) is 0 Å². The van der Waals surface area contributed by atoms with Crippen molar-refractivity contribution >= 4 is 35.1 Å². The topological polar surface area (TPSA) is 172 Å². The van der Waals surface area contributed by atoms with Crippen molar-refractivity contribution in [1.29, 1.82) is 0 Å². The van der Waals surface area contributed by atoms with Crippen molar-refractivity contribution < 1.29 is 39.3 Å². The van der Waals surface area contributed by atoms with Gasteiger partial charge in [-0.05, 0) is 36.0 Å². The number of aromatic hydroxyl groups is 1. The van der Waals surface area contributed by atoms with Crippen LogP contribution in [-0.4, -0.2) is 56.6 Å². The van der Waals surface area contributed by atoms with E-state index in [9.17, 15) is 34.2 Å². The zero-order valence-corrected chi connectivity index (χ0v) is 16.4. The number of aliphatic hydroxyl groups is 2. The van der Waals surface area contributed by atoms with E-state index in [2.05, 4.69) is 0 Å². The lowest BCUT2D eigenvalue weighted by Crippen LogP contribution is -2.68. The van der Waals surface area contributed by atoms with Gasteiger partial charge in [-0.3, -0.25) is 24.0 Å². The molecule has 0 radical (unpaired) electrons. The molecule has 0 aliphatic heterocycles. The molecule has 9 nitrogen and oxygen atoms in total. The summed E-state index contributed by atoms with van der Waals surface area (Å²) in [5.41, 5.74) is 3.52. The first-order valence-corrected chi connectivity index (χ1v) is 9.92. The van der Waals surface area contributed by atoms with Crippen molar-refractivity contribution in [2.24, 2.45) is 29.4 Å². The summed E-state index contributed by atoms with van der Waals surface area (Å²) in [5, 5.41) is 30.5. The van der Waals surface area contributed by atoms with Gasteiger partial charge < -0.3 is 21.1 Å². The highest BCUT2D eigenvalue weighted by Gasteiger charge is 2.66. The highest BCUT2D eigenvalue weighted by atomic mass is 16.3. The van der Waals surface area contributed by atoms with E-state index in [1.165, 1.54) is 12.1 Å². The predicted octanol–water partition coefficient (Wildman–Crippen LogP) is -0.668. The molecule has 5 atom stereocenters. The van der Waals surface area contributed by atoms with Gasteiger partial charge in [-0.25, -0.2) is 0 Å². The van der Waals surface area contributed by atoms with E-state index in [1.54, 1.807) is 12.1 Å². The number of carbonyl (C=O) groups excluding carboxylic acids is 5. The molecular weight excluding hydrogens is 406 g/mol. The number of nitrogens with two attached hydrogens (primary N) is 1. The highest BCUT2D eigenvalue weighted by molar-refractivity contribution is 6.31. The number of hydrogen-bond acceptors (Lipinski definition) is 8. The Labute approximate surface area is 176 Å². The van der Waals surface area contributed by atoms with Gasteiger partial charge in [-0.15, -0.1) is 0 Å². The maximum absolute atomic E-state index is 13.3. The smallest absolute Gasteiger partial charge is 0.235 e. The van der Waals surface area contributed by atoms with E-state index in [0.717, 1.165) is 0 Å². The van der Waals surface area contributed by atoms with E-state index in [1.807, 2.05) is 0 Å². The zero-order valence-electron chi connectivity index (χ0n) is 16.4. The number of aliphatic hydroxyl groups excluding tert-OH is 1. The Kier molecular flexibility index (Phi) is 4.90. The molecule has 3 aliphatic carbocycles. The standard InChI is InChI=1S/C22H21NO8/c23-21(30)17-14(26)8-11-6-10-7-12-9(2-1-5-24)3-4-13(25)16(12)18(27)15(10)19(28)22(11,31)20(17)29/h1-4,10-11,15,17,24-25,31H,5-8H2,(H2,23,30)/t10-,11+,15?,17?,22+/m1/s1. The number of phenols is 1. The van der Waals surface area contributed by atoms with Crippen LogP contribution >= 0.6 is 0 Å². The van der Waals surface area contributed by atoms with Crippen molar-refractivity contribution in [1.82, 2.24) is 0 Å². The molecule has 9 heteroatoms. The molecule has 2 fully saturated rings. The number of Topliss-reactive ketones (excluding diaryl/α,β-unsaturated/α-hetero) is 4.